The summed E-state index contributed by atoms with van der Waals surface area (Å²) < 4.78 is 2.10. The number of nitrogens with zero attached hydrogens (tertiary/aromatic N) is 2. The van der Waals surface area contributed by atoms with Crippen molar-refractivity contribution in [3.8, 4) is 0 Å². The van der Waals surface area contributed by atoms with Crippen LogP contribution in [-0.2, 0) is 19.9 Å². The van der Waals surface area contributed by atoms with E-state index in [1.807, 2.05) is 12.4 Å². The molecule has 0 aliphatic carbocycles. The average Bonchev–Trinajstić information content (AvgIpc) is 2.84. The van der Waals surface area contributed by atoms with Gasteiger partial charge in [-0.25, -0.2) is 4.98 Å². The molecule has 3 nitrogen and oxygen atoms in total. The van der Waals surface area contributed by atoms with Gasteiger partial charge in [0.1, 0.15) is 5.82 Å². The van der Waals surface area contributed by atoms with Crippen LogP contribution in [0.15, 0.2) is 36.7 Å². The molecule has 0 aliphatic heterocycles. The molecule has 0 amide bonds. The van der Waals surface area contributed by atoms with Crippen molar-refractivity contribution in [2.24, 2.45) is 7.05 Å². The minimum absolute atomic E-state index is 0.335. The van der Waals surface area contributed by atoms with Crippen molar-refractivity contribution in [2.45, 2.75) is 32.7 Å². The van der Waals surface area contributed by atoms with Gasteiger partial charge in [0.2, 0.25) is 0 Å². The molecule has 0 saturated carbocycles. The van der Waals surface area contributed by atoms with Gasteiger partial charge in [0.15, 0.2) is 0 Å². The quantitative estimate of drug-likeness (QED) is 0.862. The van der Waals surface area contributed by atoms with E-state index in [0.717, 1.165) is 25.2 Å². The van der Waals surface area contributed by atoms with Crippen LogP contribution in [0.2, 0.25) is 0 Å². The fourth-order valence-electron chi connectivity index (χ4n) is 2.51. The molecule has 2 aromatic rings. The maximum absolute atomic E-state index is 4.44. The van der Waals surface area contributed by atoms with Gasteiger partial charge in [-0.1, -0.05) is 38.1 Å². The van der Waals surface area contributed by atoms with Crippen LogP contribution in [0.5, 0.6) is 0 Å². The lowest BCUT2D eigenvalue weighted by Gasteiger charge is -2.21. The molecule has 0 spiro atoms. The molecule has 0 saturated heterocycles. The van der Waals surface area contributed by atoms with Crippen molar-refractivity contribution in [2.75, 3.05) is 6.54 Å². The molecule has 0 aliphatic rings. The molecule has 0 bridgehead atoms. The number of aromatic nitrogens is 2. The number of aryl methyl sites for hydroxylation is 2. The van der Waals surface area contributed by atoms with Crippen molar-refractivity contribution in [3.63, 3.8) is 0 Å². The van der Waals surface area contributed by atoms with Gasteiger partial charge in [0.25, 0.3) is 0 Å². The van der Waals surface area contributed by atoms with E-state index < -0.39 is 0 Å². The SMILES string of the molecule is CCNC(Cc1nccn1C)c1ccccc1CC. The monoisotopic (exact) mass is 257 g/mol. The van der Waals surface area contributed by atoms with Crippen LogP contribution in [-0.4, -0.2) is 16.1 Å². The smallest absolute Gasteiger partial charge is 0.110 e. The summed E-state index contributed by atoms with van der Waals surface area (Å²) >= 11 is 0. The van der Waals surface area contributed by atoms with E-state index >= 15 is 0 Å². The third-order valence-corrected chi connectivity index (χ3v) is 3.57. The van der Waals surface area contributed by atoms with Crippen molar-refractivity contribution < 1.29 is 0 Å². The Balaban J connectivity index is 2.27. The minimum atomic E-state index is 0.335. The second-order valence-corrected chi connectivity index (χ2v) is 4.82. The van der Waals surface area contributed by atoms with E-state index in [-0.39, 0.29) is 0 Å². The van der Waals surface area contributed by atoms with Gasteiger partial charge >= 0.3 is 0 Å². The van der Waals surface area contributed by atoms with Crippen molar-refractivity contribution >= 4 is 0 Å². The first-order chi connectivity index (χ1) is 9.26. The number of imidazole rings is 1. The lowest BCUT2D eigenvalue weighted by Crippen LogP contribution is -2.25. The predicted octanol–water partition coefficient (Wildman–Crippen LogP) is 2.88. The predicted molar refractivity (Wildman–Crippen MR) is 79.1 cm³/mol. The fourth-order valence-corrected chi connectivity index (χ4v) is 2.51. The molecule has 19 heavy (non-hydrogen) atoms. The topological polar surface area (TPSA) is 29.9 Å². The highest BCUT2D eigenvalue weighted by Crippen LogP contribution is 2.22. The summed E-state index contributed by atoms with van der Waals surface area (Å²) in [7, 11) is 2.05. The largest absolute Gasteiger partial charge is 0.338 e. The molecule has 1 N–H and O–H groups in total. The van der Waals surface area contributed by atoms with Gasteiger partial charge in [-0.05, 0) is 24.1 Å². The Morgan fingerprint density at radius 3 is 2.68 bits per heavy atom. The van der Waals surface area contributed by atoms with Crippen LogP contribution in [0.1, 0.15) is 36.8 Å². The molecule has 0 fully saturated rings. The van der Waals surface area contributed by atoms with Gasteiger partial charge in [-0.2, -0.15) is 0 Å². The average molecular weight is 257 g/mol. The van der Waals surface area contributed by atoms with Crippen LogP contribution in [0.4, 0.5) is 0 Å². The molecule has 1 heterocycles. The first-order valence-corrected chi connectivity index (χ1v) is 7.03. The Morgan fingerprint density at radius 1 is 1.26 bits per heavy atom. The van der Waals surface area contributed by atoms with Crippen LogP contribution in [0.3, 0.4) is 0 Å². The third-order valence-electron chi connectivity index (χ3n) is 3.57. The third kappa shape index (κ3) is 3.24. The first-order valence-electron chi connectivity index (χ1n) is 7.03. The highest BCUT2D eigenvalue weighted by molar-refractivity contribution is 5.30. The van der Waals surface area contributed by atoms with E-state index in [9.17, 15) is 0 Å². The van der Waals surface area contributed by atoms with Crippen LogP contribution < -0.4 is 5.32 Å². The lowest BCUT2D eigenvalue weighted by atomic mass is 9.96. The Kier molecular flexibility index (Phi) is 4.74. The number of benzene rings is 1. The normalized spacial score (nSPS) is 12.6. The molecular weight excluding hydrogens is 234 g/mol. The Labute approximate surface area is 115 Å². The zero-order chi connectivity index (χ0) is 13.7. The number of hydrogen-bond donors (Lipinski definition) is 1. The molecule has 102 valence electrons. The van der Waals surface area contributed by atoms with E-state index in [1.165, 1.54) is 11.1 Å². The molecule has 1 unspecified atom stereocenters. The van der Waals surface area contributed by atoms with E-state index in [0.29, 0.717) is 6.04 Å². The fraction of sp³-hybridized carbons (Fsp3) is 0.438. The second-order valence-electron chi connectivity index (χ2n) is 4.82. The van der Waals surface area contributed by atoms with Crippen LogP contribution >= 0.6 is 0 Å². The summed E-state index contributed by atoms with van der Waals surface area (Å²) in [5.41, 5.74) is 2.82. The summed E-state index contributed by atoms with van der Waals surface area (Å²) in [5.74, 6) is 1.12. The lowest BCUT2D eigenvalue weighted by molar-refractivity contribution is 0.525. The van der Waals surface area contributed by atoms with Crippen LogP contribution in [0.25, 0.3) is 0 Å². The highest BCUT2D eigenvalue weighted by Gasteiger charge is 2.15. The summed E-state index contributed by atoms with van der Waals surface area (Å²) in [5, 5.41) is 3.59. The minimum Gasteiger partial charge on any atom is -0.338 e. The Hall–Kier alpha value is -1.61. The van der Waals surface area contributed by atoms with Crippen molar-refractivity contribution in [1.82, 2.24) is 14.9 Å². The number of rotatable bonds is 6. The van der Waals surface area contributed by atoms with Crippen molar-refractivity contribution in [3.05, 3.63) is 53.6 Å². The molecule has 1 aromatic carbocycles. The zero-order valence-corrected chi connectivity index (χ0v) is 12.1. The zero-order valence-electron chi connectivity index (χ0n) is 12.1. The number of nitrogens with one attached hydrogen (secondary N) is 1. The van der Waals surface area contributed by atoms with E-state index in [4.69, 9.17) is 0 Å². The van der Waals surface area contributed by atoms with E-state index in [2.05, 4.69) is 60.0 Å². The molecule has 2 rings (SSSR count). The molecule has 1 aromatic heterocycles. The highest BCUT2D eigenvalue weighted by atomic mass is 15.0. The van der Waals surface area contributed by atoms with Gasteiger partial charge < -0.3 is 9.88 Å². The van der Waals surface area contributed by atoms with Crippen molar-refractivity contribution in [1.29, 1.82) is 0 Å². The number of likely N-dealkylation sites (N-methyl/N-ethyl adjacent to an activating group) is 1. The van der Waals surface area contributed by atoms with E-state index in [1.54, 1.807) is 0 Å². The Morgan fingerprint density at radius 2 is 2.05 bits per heavy atom. The maximum Gasteiger partial charge on any atom is 0.110 e. The molecule has 0 radical (unpaired) electrons. The summed E-state index contributed by atoms with van der Waals surface area (Å²) in [6, 6.07) is 9.03. The van der Waals surface area contributed by atoms with Crippen LogP contribution in [0, 0.1) is 0 Å². The summed E-state index contributed by atoms with van der Waals surface area (Å²) in [6.45, 7) is 5.33. The van der Waals surface area contributed by atoms with Gasteiger partial charge in [-0.15, -0.1) is 0 Å². The summed E-state index contributed by atoms with van der Waals surface area (Å²) in [6.07, 6.45) is 5.86. The maximum atomic E-state index is 4.44. The molecular formula is C16H23N3. The molecule has 3 heteroatoms. The summed E-state index contributed by atoms with van der Waals surface area (Å²) in [4.78, 5) is 4.44. The standard InChI is InChI=1S/C16H23N3/c1-4-13-8-6-7-9-14(13)15(17-5-2)12-16-18-10-11-19(16)3/h6-11,15,17H,4-5,12H2,1-3H3. The second kappa shape index (κ2) is 6.53. The van der Waals surface area contributed by atoms with Gasteiger partial charge in [-0.3, -0.25) is 0 Å². The number of hydrogen-bond acceptors (Lipinski definition) is 2. The van der Waals surface area contributed by atoms with Gasteiger partial charge in [0, 0.05) is 31.9 Å². The Bertz CT molecular complexity index is 516. The molecule has 1 atom stereocenters. The van der Waals surface area contributed by atoms with Gasteiger partial charge in [0.05, 0.1) is 0 Å². The first kappa shape index (κ1) is 13.8.